The molecule has 0 atom stereocenters. The van der Waals surface area contributed by atoms with E-state index in [-0.39, 0.29) is 11.3 Å². The standard InChI is InChI=1S/C24H22N6O3/c1-16-4-8-19(9-5-16)29-26-20-10-7-18(15-21(20)27-29)25-24(31)17-6-11-22(23(14-17)30(32)33)28-12-2-3-13-28/h4-11,14-15H,2-3,12-13H2,1H3,(H,25,31). The summed E-state index contributed by atoms with van der Waals surface area (Å²) in [7, 11) is 0. The van der Waals surface area contributed by atoms with Crippen LogP contribution in [0.2, 0.25) is 0 Å². The number of nitrogens with zero attached hydrogens (tertiary/aromatic N) is 5. The third-order valence-corrected chi connectivity index (χ3v) is 5.78. The topological polar surface area (TPSA) is 106 Å². The van der Waals surface area contributed by atoms with E-state index < -0.39 is 10.8 Å². The second-order valence-electron chi connectivity index (χ2n) is 8.14. The maximum Gasteiger partial charge on any atom is 0.293 e. The Balaban J connectivity index is 1.39. The van der Waals surface area contributed by atoms with Gasteiger partial charge in [-0.3, -0.25) is 14.9 Å². The van der Waals surface area contributed by atoms with Crippen LogP contribution in [0.15, 0.2) is 60.7 Å². The van der Waals surface area contributed by atoms with Crippen molar-refractivity contribution in [2.24, 2.45) is 0 Å². The van der Waals surface area contributed by atoms with Crippen LogP contribution in [-0.2, 0) is 0 Å². The van der Waals surface area contributed by atoms with Crippen LogP contribution in [0.25, 0.3) is 16.7 Å². The summed E-state index contributed by atoms with van der Waals surface area (Å²) in [5.41, 5.74) is 4.58. The maximum absolute atomic E-state index is 12.8. The predicted octanol–water partition coefficient (Wildman–Crippen LogP) is 4.49. The van der Waals surface area contributed by atoms with Gasteiger partial charge in [0.1, 0.15) is 16.7 Å². The lowest BCUT2D eigenvalue weighted by Gasteiger charge is -2.17. The molecule has 1 aliphatic heterocycles. The van der Waals surface area contributed by atoms with Crippen LogP contribution < -0.4 is 10.2 Å². The molecule has 3 aromatic carbocycles. The molecule has 0 radical (unpaired) electrons. The average molecular weight is 442 g/mol. The van der Waals surface area contributed by atoms with E-state index in [1.165, 1.54) is 6.07 Å². The zero-order valence-corrected chi connectivity index (χ0v) is 18.1. The molecule has 5 rings (SSSR count). The quantitative estimate of drug-likeness (QED) is 0.361. The van der Waals surface area contributed by atoms with Gasteiger partial charge in [-0.2, -0.15) is 4.80 Å². The molecule has 0 bridgehead atoms. The first-order valence-corrected chi connectivity index (χ1v) is 10.8. The normalized spacial score (nSPS) is 13.4. The number of anilines is 2. The molecule has 0 unspecified atom stereocenters. The molecule has 0 saturated carbocycles. The van der Waals surface area contributed by atoms with E-state index in [2.05, 4.69) is 15.5 Å². The van der Waals surface area contributed by atoms with Gasteiger partial charge in [-0.15, -0.1) is 10.2 Å². The van der Waals surface area contributed by atoms with Crippen molar-refractivity contribution in [3.8, 4) is 5.69 Å². The predicted molar refractivity (Wildman–Crippen MR) is 126 cm³/mol. The largest absolute Gasteiger partial charge is 0.366 e. The molecule has 9 heteroatoms. The first-order valence-electron chi connectivity index (χ1n) is 10.8. The molecular formula is C24H22N6O3. The lowest BCUT2D eigenvalue weighted by atomic mass is 10.1. The minimum absolute atomic E-state index is 0.0546. The number of aromatic nitrogens is 3. The van der Waals surface area contributed by atoms with E-state index in [1.54, 1.807) is 35.1 Å². The Morgan fingerprint density at radius 3 is 2.42 bits per heavy atom. The van der Waals surface area contributed by atoms with E-state index in [1.807, 2.05) is 36.1 Å². The third-order valence-electron chi connectivity index (χ3n) is 5.78. The van der Waals surface area contributed by atoms with Crippen molar-refractivity contribution >= 4 is 34.0 Å². The smallest absolute Gasteiger partial charge is 0.293 e. The number of carbonyl (C=O) groups excluding carboxylic acids is 1. The minimum atomic E-state index is -0.431. The van der Waals surface area contributed by atoms with Crippen LogP contribution in [0.1, 0.15) is 28.8 Å². The van der Waals surface area contributed by atoms with Crippen LogP contribution in [0.5, 0.6) is 0 Å². The van der Waals surface area contributed by atoms with Crippen molar-refractivity contribution in [2.45, 2.75) is 19.8 Å². The highest BCUT2D eigenvalue weighted by Gasteiger charge is 2.24. The Labute approximate surface area is 189 Å². The van der Waals surface area contributed by atoms with Crippen LogP contribution in [0.3, 0.4) is 0 Å². The van der Waals surface area contributed by atoms with Gasteiger partial charge >= 0.3 is 0 Å². The summed E-state index contributed by atoms with van der Waals surface area (Å²) in [6.07, 6.45) is 2.02. The maximum atomic E-state index is 12.8. The Bertz CT molecular complexity index is 1360. The van der Waals surface area contributed by atoms with Crippen molar-refractivity contribution < 1.29 is 9.72 Å². The third kappa shape index (κ3) is 4.12. The zero-order valence-electron chi connectivity index (χ0n) is 18.1. The molecule has 1 amide bonds. The molecule has 1 aromatic heterocycles. The number of benzene rings is 3. The number of nitro groups is 1. The molecule has 1 N–H and O–H groups in total. The van der Waals surface area contributed by atoms with E-state index in [4.69, 9.17) is 0 Å². The number of nitrogens with one attached hydrogen (secondary N) is 1. The Kier molecular flexibility index (Phi) is 5.21. The van der Waals surface area contributed by atoms with Gasteiger partial charge in [0.25, 0.3) is 11.6 Å². The van der Waals surface area contributed by atoms with Crippen LogP contribution in [0.4, 0.5) is 17.1 Å². The number of aryl methyl sites for hydroxylation is 1. The summed E-state index contributed by atoms with van der Waals surface area (Å²) < 4.78 is 0. The van der Waals surface area contributed by atoms with Gasteiger partial charge in [-0.1, -0.05) is 17.7 Å². The van der Waals surface area contributed by atoms with Gasteiger partial charge in [0.05, 0.1) is 10.6 Å². The van der Waals surface area contributed by atoms with E-state index in [0.717, 1.165) is 37.2 Å². The summed E-state index contributed by atoms with van der Waals surface area (Å²) in [6.45, 7) is 3.59. The highest BCUT2D eigenvalue weighted by Crippen LogP contribution is 2.32. The summed E-state index contributed by atoms with van der Waals surface area (Å²) in [5.74, 6) is -0.420. The molecule has 4 aromatic rings. The fraction of sp³-hybridized carbons (Fsp3) is 0.208. The van der Waals surface area contributed by atoms with Crippen molar-refractivity contribution in [3.05, 3.63) is 81.9 Å². The van der Waals surface area contributed by atoms with Gasteiger partial charge in [-0.05, 0) is 62.2 Å². The Morgan fingerprint density at radius 1 is 0.970 bits per heavy atom. The highest BCUT2D eigenvalue weighted by molar-refractivity contribution is 6.05. The minimum Gasteiger partial charge on any atom is -0.366 e. The van der Waals surface area contributed by atoms with Crippen LogP contribution in [-0.4, -0.2) is 38.9 Å². The molecule has 1 fully saturated rings. The fourth-order valence-electron chi connectivity index (χ4n) is 4.03. The van der Waals surface area contributed by atoms with Gasteiger partial charge < -0.3 is 10.2 Å². The fourth-order valence-corrected chi connectivity index (χ4v) is 4.03. The van der Waals surface area contributed by atoms with Crippen molar-refractivity contribution in [3.63, 3.8) is 0 Å². The van der Waals surface area contributed by atoms with Crippen LogP contribution >= 0.6 is 0 Å². The summed E-state index contributed by atoms with van der Waals surface area (Å²) in [6, 6.07) is 17.7. The molecule has 9 nitrogen and oxygen atoms in total. The SMILES string of the molecule is Cc1ccc(-n2nc3ccc(NC(=O)c4ccc(N5CCCC5)c([N+](=O)[O-])c4)cc3n2)cc1. The van der Waals surface area contributed by atoms with Gasteiger partial charge in [-0.25, -0.2) is 0 Å². The second-order valence-corrected chi connectivity index (χ2v) is 8.14. The number of fused-ring (bicyclic) bond motifs is 1. The number of rotatable bonds is 5. The first-order chi connectivity index (χ1) is 16.0. The van der Waals surface area contributed by atoms with E-state index in [0.29, 0.717) is 22.4 Å². The highest BCUT2D eigenvalue weighted by atomic mass is 16.6. The molecule has 0 spiro atoms. The average Bonchev–Trinajstić information content (AvgIpc) is 3.49. The molecule has 33 heavy (non-hydrogen) atoms. The number of hydrogen-bond donors (Lipinski definition) is 1. The van der Waals surface area contributed by atoms with Crippen molar-refractivity contribution in [1.82, 2.24) is 15.0 Å². The zero-order chi connectivity index (χ0) is 22.9. The van der Waals surface area contributed by atoms with Gasteiger partial charge in [0.2, 0.25) is 0 Å². The lowest BCUT2D eigenvalue weighted by Crippen LogP contribution is -2.19. The molecule has 1 aliphatic rings. The Hall–Kier alpha value is -4.27. The first kappa shape index (κ1) is 20.6. The van der Waals surface area contributed by atoms with Gasteiger partial charge in [0.15, 0.2) is 0 Å². The summed E-state index contributed by atoms with van der Waals surface area (Å²) in [4.78, 5) is 27.6. The molecule has 1 saturated heterocycles. The number of nitro benzene ring substituents is 1. The number of carbonyl (C=O) groups is 1. The number of amides is 1. The lowest BCUT2D eigenvalue weighted by molar-refractivity contribution is -0.384. The van der Waals surface area contributed by atoms with Crippen LogP contribution in [0, 0.1) is 17.0 Å². The molecule has 166 valence electrons. The van der Waals surface area contributed by atoms with Crippen molar-refractivity contribution in [1.29, 1.82) is 0 Å². The monoisotopic (exact) mass is 442 g/mol. The number of hydrogen-bond acceptors (Lipinski definition) is 6. The Morgan fingerprint density at radius 2 is 1.70 bits per heavy atom. The van der Waals surface area contributed by atoms with Crippen molar-refractivity contribution in [2.75, 3.05) is 23.3 Å². The van der Waals surface area contributed by atoms with Gasteiger partial charge in [0, 0.05) is 30.4 Å². The molecule has 2 heterocycles. The second kappa shape index (κ2) is 8.34. The van der Waals surface area contributed by atoms with E-state index in [9.17, 15) is 14.9 Å². The van der Waals surface area contributed by atoms with E-state index >= 15 is 0 Å². The summed E-state index contributed by atoms with van der Waals surface area (Å²) >= 11 is 0. The summed E-state index contributed by atoms with van der Waals surface area (Å²) in [5, 5.41) is 23.4. The molecular weight excluding hydrogens is 420 g/mol. The molecule has 0 aliphatic carbocycles.